The summed E-state index contributed by atoms with van der Waals surface area (Å²) in [6.45, 7) is 3.53. The second-order valence-corrected chi connectivity index (χ2v) is 6.24. The minimum atomic E-state index is -3.86. The van der Waals surface area contributed by atoms with Crippen LogP contribution in [0, 0.1) is 13.8 Å². The highest BCUT2D eigenvalue weighted by Crippen LogP contribution is 2.33. The number of hydrogen-bond donors (Lipinski definition) is 2. The molecule has 0 atom stereocenters. The van der Waals surface area contributed by atoms with Gasteiger partial charge in [0, 0.05) is 6.07 Å². The van der Waals surface area contributed by atoms with E-state index >= 15 is 0 Å². The normalized spacial score (nSPS) is 11.5. The Morgan fingerprint density at radius 1 is 0.947 bits per heavy atom. The van der Waals surface area contributed by atoms with Crippen molar-refractivity contribution < 1.29 is 18.6 Å². The molecular weight excluding hydrogens is 264 g/mol. The average Bonchev–Trinajstić information content (AvgIpc) is 2.35. The Kier molecular flexibility index (Phi) is 3.24. The lowest BCUT2D eigenvalue weighted by atomic mass is 10.1. The standard InChI is InChI=1S/C14H14O4S/c1-9-4-3-5-13(10(9)2)19(17,18)14-8-11(15)6-7-12(14)16/h3-8,15-16H,1-2H3. The Bertz CT molecular complexity index is 725. The van der Waals surface area contributed by atoms with Crippen LogP contribution in [0.2, 0.25) is 0 Å². The first-order valence-corrected chi connectivity index (χ1v) is 7.15. The average molecular weight is 278 g/mol. The molecule has 0 aliphatic rings. The van der Waals surface area contributed by atoms with E-state index in [4.69, 9.17) is 0 Å². The summed E-state index contributed by atoms with van der Waals surface area (Å²) >= 11 is 0. The number of rotatable bonds is 2. The molecule has 0 heterocycles. The molecule has 0 aliphatic carbocycles. The smallest absolute Gasteiger partial charge is 0.210 e. The predicted octanol–water partition coefficient (Wildman–Crippen LogP) is 2.55. The van der Waals surface area contributed by atoms with Crippen LogP contribution in [0.3, 0.4) is 0 Å². The maximum Gasteiger partial charge on any atom is 0.210 e. The number of hydrogen-bond acceptors (Lipinski definition) is 4. The van der Waals surface area contributed by atoms with Crippen molar-refractivity contribution in [2.75, 3.05) is 0 Å². The summed E-state index contributed by atoms with van der Waals surface area (Å²) in [7, 11) is -3.86. The molecule has 4 nitrogen and oxygen atoms in total. The lowest BCUT2D eigenvalue weighted by Crippen LogP contribution is -2.05. The van der Waals surface area contributed by atoms with E-state index in [-0.39, 0.29) is 21.3 Å². The third kappa shape index (κ3) is 2.29. The topological polar surface area (TPSA) is 74.6 Å². The van der Waals surface area contributed by atoms with Crippen molar-refractivity contribution in [1.82, 2.24) is 0 Å². The fraction of sp³-hybridized carbons (Fsp3) is 0.143. The monoisotopic (exact) mass is 278 g/mol. The Morgan fingerprint density at radius 3 is 2.32 bits per heavy atom. The van der Waals surface area contributed by atoms with Crippen molar-refractivity contribution in [3.05, 3.63) is 47.5 Å². The largest absolute Gasteiger partial charge is 0.508 e. The summed E-state index contributed by atoms with van der Waals surface area (Å²) in [5.74, 6) is -0.583. The van der Waals surface area contributed by atoms with Gasteiger partial charge in [-0.3, -0.25) is 0 Å². The number of aryl methyl sites for hydroxylation is 1. The first kappa shape index (κ1) is 13.4. The molecule has 2 aromatic carbocycles. The van der Waals surface area contributed by atoms with E-state index < -0.39 is 9.84 Å². The number of phenols is 2. The van der Waals surface area contributed by atoms with Crippen LogP contribution in [0.15, 0.2) is 46.2 Å². The summed E-state index contributed by atoms with van der Waals surface area (Å²) in [6, 6.07) is 8.39. The maximum atomic E-state index is 12.5. The zero-order chi connectivity index (χ0) is 14.2. The Labute approximate surface area is 111 Å². The van der Waals surface area contributed by atoms with E-state index in [1.807, 2.05) is 13.0 Å². The van der Waals surface area contributed by atoms with Crippen LogP contribution in [0.1, 0.15) is 11.1 Å². The van der Waals surface area contributed by atoms with Gasteiger partial charge in [0.05, 0.1) is 4.90 Å². The summed E-state index contributed by atoms with van der Waals surface area (Å²) in [6.07, 6.45) is 0. The van der Waals surface area contributed by atoms with Gasteiger partial charge >= 0.3 is 0 Å². The van der Waals surface area contributed by atoms with Gasteiger partial charge in [-0.25, -0.2) is 8.42 Å². The van der Waals surface area contributed by atoms with E-state index in [1.54, 1.807) is 13.0 Å². The number of phenolic OH excluding ortho intramolecular Hbond substituents is 2. The number of aromatic hydroxyl groups is 2. The van der Waals surface area contributed by atoms with Crippen LogP contribution in [0.4, 0.5) is 0 Å². The minimum Gasteiger partial charge on any atom is -0.508 e. The molecule has 100 valence electrons. The van der Waals surface area contributed by atoms with Crippen LogP contribution in [0.5, 0.6) is 11.5 Å². The third-order valence-electron chi connectivity index (χ3n) is 3.08. The SMILES string of the molecule is Cc1cccc(S(=O)(=O)c2cc(O)ccc2O)c1C. The highest BCUT2D eigenvalue weighted by Gasteiger charge is 2.24. The van der Waals surface area contributed by atoms with Crippen molar-refractivity contribution in [2.24, 2.45) is 0 Å². The molecule has 2 rings (SSSR count). The molecule has 0 aliphatic heterocycles. The van der Waals surface area contributed by atoms with E-state index in [2.05, 4.69) is 0 Å². The van der Waals surface area contributed by atoms with Crippen molar-refractivity contribution in [2.45, 2.75) is 23.6 Å². The molecule has 19 heavy (non-hydrogen) atoms. The second kappa shape index (κ2) is 4.59. The first-order chi connectivity index (χ1) is 8.84. The van der Waals surface area contributed by atoms with Gasteiger partial charge in [-0.15, -0.1) is 0 Å². The zero-order valence-corrected chi connectivity index (χ0v) is 11.4. The summed E-state index contributed by atoms with van der Waals surface area (Å²) < 4.78 is 25.0. The van der Waals surface area contributed by atoms with Gasteiger partial charge in [0.15, 0.2) is 0 Å². The highest BCUT2D eigenvalue weighted by atomic mass is 32.2. The van der Waals surface area contributed by atoms with E-state index in [0.29, 0.717) is 5.56 Å². The molecule has 2 N–H and O–H groups in total. The zero-order valence-electron chi connectivity index (χ0n) is 10.6. The van der Waals surface area contributed by atoms with Crippen LogP contribution in [0.25, 0.3) is 0 Å². The molecule has 0 bridgehead atoms. The highest BCUT2D eigenvalue weighted by molar-refractivity contribution is 7.91. The second-order valence-electron chi connectivity index (χ2n) is 4.35. The van der Waals surface area contributed by atoms with Gasteiger partial charge in [-0.1, -0.05) is 12.1 Å². The Hall–Kier alpha value is -2.01. The van der Waals surface area contributed by atoms with Crippen molar-refractivity contribution in [3.8, 4) is 11.5 Å². The van der Waals surface area contributed by atoms with Crippen LogP contribution >= 0.6 is 0 Å². The molecule has 0 aromatic heterocycles. The lowest BCUT2D eigenvalue weighted by Gasteiger charge is -2.11. The van der Waals surface area contributed by atoms with Gasteiger partial charge in [-0.05, 0) is 43.2 Å². The van der Waals surface area contributed by atoms with Gasteiger partial charge in [-0.2, -0.15) is 0 Å². The molecule has 2 aromatic rings. The van der Waals surface area contributed by atoms with Crippen LogP contribution in [-0.4, -0.2) is 18.6 Å². The van der Waals surface area contributed by atoms with E-state index in [9.17, 15) is 18.6 Å². The molecule has 0 radical (unpaired) electrons. The molecule has 5 heteroatoms. The maximum absolute atomic E-state index is 12.5. The summed E-state index contributed by atoms with van der Waals surface area (Å²) in [5, 5.41) is 19.1. The molecule has 0 unspecified atom stereocenters. The van der Waals surface area contributed by atoms with Crippen molar-refractivity contribution in [3.63, 3.8) is 0 Å². The fourth-order valence-corrected chi connectivity index (χ4v) is 3.53. The summed E-state index contributed by atoms with van der Waals surface area (Å²) in [5.41, 5.74) is 1.48. The van der Waals surface area contributed by atoms with Gasteiger partial charge in [0.2, 0.25) is 9.84 Å². The molecule has 0 saturated carbocycles. The van der Waals surface area contributed by atoms with Gasteiger partial charge in [0.1, 0.15) is 16.4 Å². The number of benzene rings is 2. The van der Waals surface area contributed by atoms with Crippen LogP contribution < -0.4 is 0 Å². The molecule has 0 spiro atoms. The quantitative estimate of drug-likeness (QED) is 0.828. The first-order valence-electron chi connectivity index (χ1n) is 5.67. The van der Waals surface area contributed by atoms with E-state index in [0.717, 1.165) is 17.7 Å². The lowest BCUT2D eigenvalue weighted by molar-refractivity contribution is 0.445. The van der Waals surface area contributed by atoms with Crippen molar-refractivity contribution >= 4 is 9.84 Å². The minimum absolute atomic E-state index is 0.133. The van der Waals surface area contributed by atoms with Gasteiger partial charge < -0.3 is 10.2 Å². The fourth-order valence-electron chi connectivity index (χ4n) is 1.85. The van der Waals surface area contributed by atoms with Gasteiger partial charge in [0.25, 0.3) is 0 Å². The summed E-state index contributed by atoms with van der Waals surface area (Å²) in [4.78, 5) is -0.158. The van der Waals surface area contributed by atoms with Crippen molar-refractivity contribution in [1.29, 1.82) is 0 Å². The Balaban J connectivity index is 2.73. The Morgan fingerprint density at radius 2 is 1.63 bits per heavy atom. The molecule has 0 saturated heterocycles. The molecule has 0 amide bonds. The van der Waals surface area contributed by atoms with Crippen LogP contribution in [-0.2, 0) is 9.84 Å². The third-order valence-corrected chi connectivity index (χ3v) is 5.00. The number of sulfone groups is 1. The van der Waals surface area contributed by atoms with E-state index in [1.165, 1.54) is 12.1 Å². The molecular formula is C14H14O4S. The predicted molar refractivity (Wildman–Crippen MR) is 71.1 cm³/mol. The molecule has 0 fully saturated rings.